The minimum Gasteiger partial charge on any atom is -0.482 e. The van der Waals surface area contributed by atoms with Gasteiger partial charge in [0.25, 0.3) is 5.56 Å². The lowest BCUT2D eigenvalue weighted by Gasteiger charge is -2.26. The molecule has 1 aliphatic rings. The van der Waals surface area contributed by atoms with Gasteiger partial charge < -0.3 is 9.47 Å². The number of benzene rings is 1. The Morgan fingerprint density at radius 3 is 2.65 bits per heavy atom. The highest BCUT2D eigenvalue weighted by atomic mass is 16.5. The predicted octanol–water partition coefficient (Wildman–Crippen LogP) is 2.11. The molecule has 0 radical (unpaired) electrons. The van der Waals surface area contributed by atoms with Crippen LogP contribution in [0.2, 0.25) is 0 Å². The zero-order chi connectivity index (χ0) is 17.8. The van der Waals surface area contributed by atoms with Crippen LogP contribution >= 0.6 is 0 Å². The molecule has 134 valence electrons. The summed E-state index contributed by atoms with van der Waals surface area (Å²) < 4.78 is 12.6. The van der Waals surface area contributed by atoms with Crippen molar-refractivity contribution in [1.82, 2.24) is 14.3 Å². The topological polar surface area (TPSA) is 56.1 Å². The standard InChI is InChI=1S/C20H21N3O3/c24-20-18(26-15-16-4-2-1-3-5-16)12-21-19-7-6-17(14-23(19)20)13-22-8-10-25-11-9-22/h1-7,12,14H,8-11,13,15H2. The number of aromatic nitrogens is 2. The van der Waals surface area contributed by atoms with Gasteiger partial charge in [-0.05, 0) is 17.2 Å². The summed E-state index contributed by atoms with van der Waals surface area (Å²) >= 11 is 0. The zero-order valence-corrected chi connectivity index (χ0v) is 14.5. The molecule has 0 amide bonds. The van der Waals surface area contributed by atoms with Crippen LogP contribution in [0.3, 0.4) is 0 Å². The molecule has 3 heterocycles. The Hall–Kier alpha value is -2.70. The van der Waals surface area contributed by atoms with E-state index in [0.29, 0.717) is 12.3 Å². The second-order valence-electron chi connectivity index (χ2n) is 6.36. The van der Waals surface area contributed by atoms with Crippen LogP contribution in [0.1, 0.15) is 11.1 Å². The molecule has 0 saturated carbocycles. The molecule has 1 saturated heterocycles. The van der Waals surface area contributed by atoms with Crippen LogP contribution < -0.4 is 10.3 Å². The van der Waals surface area contributed by atoms with Crippen LogP contribution in [0, 0.1) is 0 Å². The summed E-state index contributed by atoms with van der Waals surface area (Å²) in [5.41, 5.74) is 2.52. The average molecular weight is 351 g/mol. The summed E-state index contributed by atoms with van der Waals surface area (Å²) in [5.74, 6) is 0.259. The Balaban J connectivity index is 1.55. The van der Waals surface area contributed by atoms with E-state index in [1.807, 2.05) is 48.7 Å². The molecule has 0 spiro atoms. The van der Waals surface area contributed by atoms with Gasteiger partial charge in [0.15, 0.2) is 0 Å². The molecule has 26 heavy (non-hydrogen) atoms. The largest absolute Gasteiger partial charge is 0.482 e. The van der Waals surface area contributed by atoms with E-state index in [9.17, 15) is 4.79 Å². The zero-order valence-electron chi connectivity index (χ0n) is 14.5. The Labute approximate surface area is 151 Å². The number of morpholine rings is 1. The number of fused-ring (bicyclic) bond motifs is 1. The molecule has 4 rings (SSSR count). The van der Waals surface area contributed by atoms with Crippen LogP contribution in [-0.4, -0.2) is 40.6 Å². The molecule has 0 atom stereocenters. The molecule has 1 aliphatic heterocycles. The molecule has 0 aliphatic carbocycles. The highest BCUT2D eigenvalue weighted by Gasteiger charge is 2.12. The first-order valence-corrected chi connectivity index (χ1v) is 8.77. The summed E-state index contributed by atoms with van der Waals surface area (Å²) in [5, 5.41) is 0. The summed E-state index contributed by atoms with van der Waals surface area (Å²) in [6.45, 7) is 4.47. The van der Waals surface area contributed by atoms with E-state index in [1.165, 1.54) is 6.20 Å². The first-order chi connectivity index (χ1) is 12.8. The van der Waals surface area contributed by atoms with Gasteiger partial charge in [-0.25, -0.2) is 4.98 Å². The molecule has 0 bridgehead atoms. The van der Waals surface area contributed by atoms with Gasteiger partial charge in [-0.2, -0.15) is 0 Å². The fraction of sp³-hybridized carbons (Fsp3) is 0.300. The van der Waals surface area contributed by atoms with Crippen molar-refractivity contribution in [3.8, 4) is 5.75 Å². The van der Waals surface area contributed by atoms with Crippen molar-refractivity contribution in [2.75, 3.05) is 26.3 Å². The van der Waals surface area contributed by atoms with Crippen molar-refractivity contribution in [2.45, 2.75) is 13.2 Å². The third-order valence-corrected chi connectivity index (χ3v) is 4.48. The molecule has 6 heteroatoms. The normalized spacial score (nSPS) is 15.2. The van der Waals surface area contributed by atoms with Crippen LogP contribution in [0.4, 0.5) is 0 Å². The van der Waals surface area contributed by atoms with Gasteiger partial charge in [-0.1, -0.05) is 36.4 Å². The maximum Gasteiger partial charge on any atom is 0.300 e. The molecular formula is C20H21N3O3. The van der Waals surface area contributed by atoms with E-state index >= 15 is 0 Å². The maximum absolute atomic E-state index is 12.8. The molecule has 6 nitrogen and oxygen atoms in total. The number of hydrogen-bond acceptors (Lipinski definition) is 5. The number of ether oxygens (including phenoxy) is 2. The Bertz CT molecular complexity index is 934. The van der Waals surface area contributed by atoms with Crippen molar-refractivity contribution in [1.29, 1.82) is 0 Å². The fourth-order valence-corrected chi connectivity index (χ4v) is 3.05. The predicted molar refractivity (Wildman–Crippen MR) is 98.3 cm³/mol. The third kappa shape index (κ3) is 3.76. The van der Waals surface area contributed by atoms with Gasteiger partial charge in [-0.3, -0.25) is 14.1 Å². The van der Waals surface area contributed by atoms with Gasteiger partial charge in [0, 0.05) is 25.8 Å². The van der Waals surface area contributed by atoms with E-state index in [4.69, 9.17) is 9.47 Å². The minimum atomic E-state index is -0.185. The monoisotopic (exact) mass is 351 g/mol. The van der Waals surface area contributed by atoms with Gasteiger partial charge in [0.05, 0.1) is 19.4 Å². The first-order valence-electron chi connectivity index (χ1n) is 8.77. The highest BCUT2D eigenvalue weighted by Crippen LogP contribution is 2.11. The lowest BCUT2D eigenvalue weighted by atomic mass is 10.2. The number of hydrogen-bond donors (Lipinski definition) is 0. The minimum absolute atomic E-state index is 0.185. The van der Waals surface area contributed by atoms with E-state index in [-0.39, 0.29) is 11.3 Å². The Morgan fingerprint density at radius 1 is 1.04 bits per heavy atom. The van der Waals surface area contributed by atoms with Gasteiger partial charge in [0.1, 0.15) is 12.3 Å². The summed E-state index contributed by atoms with van der Waals surface area (Å²) in [7, 11) is 0. The highest BCUT2D eigenvalue weighted by molar-refractivity contribution is 5.41. The van der Waals surface area contributed by atoms with E-state index in [0.717, 1.165) is 44.0 Å². The summed E-state index contributed by atoms with van der Waals surface area (Å²) in [6.07, 6.45) is 3.36. The molecule has 1 fully saturated rings. The van der Waals surface area contributed by atoms with Gasteiger partial charge >= 0.3 is 0 Å². The molecule has 1 aromatic carbocycles. The van der Waals surface area contributed by atoms with Gasteiger partial charge in [-0.15, -0.1) is 0 Å². The van der Waals surface area contributed by atoms with Crippen LogP contribution in [0.15, 0.2) is 59.7 Å². The molecular weight excluding hydrogens is 330 g/mol. The van der Waals surface area contributed by atoms with Crippen LogP contribution in [0.5, 0.6) is 5.75 Å². The number of nitrogens with zero attached hydrogens (tertiary/aromatic N) is 3. The van der Waals surface area contributed by atoms with E-state index < -0.39 is 0 Å². The van der Waals surface area contributed by atoms with Crippen LogP contribution in [0.25, 0.3) is 5.65 Å². The van der Waals surface area contributed by atoms with E-state index in [2.05, 4.69) is 9.88 Å². The van der Waals surface area contributed by atoms with Crippen molar-refractivity contribution in [3.63, 3.8) is 0 Å². The van der Waals surface area contributed by atoms with Crippen molar-refractivity contribution in [3.05, 3.63) is 76.3 Å². The van der Waals surface area contributed by atoms with Gasteiger partial charge in [0.2, 0.25) is 5.75 Å². The van der Waals surface area contributed by atoms with Crippen molar-refractivity contribution in [2.24, 2.45) is 0 Å². The van der Waals surface area contributed by atoms with E-state index in [1.54, 1.807) is 4.40 Å². The van der Waals surface area contributed by atoms with Crippen molar-refractivity contribution < 1.29 is 9.47 Å². The quantitative estimate of drug-likeness (QED) is 0.705. The Morgan fingerprint density at radius 2 is 1.85 bits per heavy atom. The third-order valence-electron chi connectivity index (χ3n) is 4.48. The first kappa shape index (κ1) is 16.8. The second kappa shape index (κ2) is 7.68. The lowest BCUT2D eigenvalue weighted by molar-refractivity contribution is 0.0341. The van der Waals surface area contributed by atoms with Crippen LogP contribution in [-0.2, 0) is 17.9 Å². The fourth-order valence-electron chi connectivity index (χ4n) is 3.05. The maximum atomic E-state index is 12.8. The molecule has 0 unspecified atom stereocenters. The Kier molecular flexibility index (Phi) is 4.95. The molecule has 3 aromatic rings. The SMILES string of the molecule is O=c1c(OCc2ccccc2)cnc2ccc(CN3CCOCC3)cn12. The second-order valence-corrected chi connectivity index (χ2v) is 6.36. The lowest BCUT2D eigenvalue weighted by Crippen LogP contribution is -2.35. The molecule has 2 aromatic heterocycles. The number of pyridine rings is 1. The van der Waals surface area contributed by atoms with Crippen molar-refractivity contribution >= 4 is 5.65 Å². The smallest absolute Gasteiger partial charge is 0.300 e. The average Bonchev–Trinajstić information content (AvgIpc) is 2.69. The summed E-state index contributed by atoms with van der Waals surface area (Å²) in [6, 6.07) is 13.7. The summed E-state index contributed by atoms with van der Waals surface area (Å²) in [4.78, 5) is 19.4. The number of rotatable bonds is 5. The molecule has 0 N–H and O–H groups in total.